The molecule has 0 radical (unpaired) electrons. The van der Waals surface area contributed by atoms with Gasteiger partial charge in [0.25, 0.3) is 0 Å². The molecule has 0 saturated carbocycles. The number of likely N-dealkylation sites (tertiary alicyclic amines) is 1. The first-order chi connectivity index (χ1) is 11.8. The van der Waals surface area contributed by atoms with Crippen LogP contribution in [0.1, 0.15) is 61.3 Å². The molecule has 1 aliphatic heterocycles. The van der Waals surface area contributed by atoms with Crippen molar-refractivity contribution in [1.29, 1.82) is 0 Å². The topological polar surface area (TPSA) is 58.6 Å². The predicted molar refractivity (Wildman–Crippen MR) is 106 cm³/mol. The van der Waals surface area contributed by atoms with Gasteiger partial charge in [0.05, 0.1) is 6.04 Å². The maximum absolute atomic E-state index is 13.4. The molecule has 1 N–H and O–H groups in total. The lowest BCUT2D eigenvalue weighted by Crippen LogP contribution is -2.57. The molecule has 2 amide bonds. The average Bonchev–Trinajstić information content (AvgIpc) is 2.93. The van der Waals surface area contributed by atoms with Gasteiger partial charge in [-0.15, -0.1) is 13.2 Å². The van der Waals surface area contributed by atoms with Gasteiger partial charge in [0.2, 0.25) is 5.91 Å². The van der Waals surface area contributed by atoms with Crippen LogP contribution in [0, 0.1) is 11.3 Å². The lowest BCUT2D eigenvalue weighted by molar-refractivity contribution is -0.138. The van der Waals surface area contributed by atoms with Gasteiger partial charge in [0.1, 0.15) is 11.6 Å². The number of nitrogens with zero attached hydrogens (tertiary/aromatic N) is 1. The van der Waals surface area contributed by atoms with Crippen LogP contribution in [0.25, 0.3) is 0 Å². The third-order valence-corrected chi connectivity index (χ3v) is 4.79. The summed E-state index contributed by atoms with van der Waals surface area (Å²) in [5.41, 5.74) is -0.679. The molecule has 5 heteroatoms. The number of rotatable bonds is 5. The molecule has 1 heterocycles. The number of ether oxygens (including phenoxy) is 1. The Hall–Kier alpha value is -1.78. The predicted octanol–water partition coefficient (Wildman–Crippen LogP) is 4.29. The smallest absolute Gasteiger partial charge is 0.408 e. The number of hydrogen-bond acceptors (Lipinski definition) is 3. The van der Waals surface area contributed by atoms with Crippen LogP contribution in [0.3, 0.4) is 0 Å². The van der Waals surface area contributed by atoms with Crippen molar-refractivity contribution in [3.8, 4) is 0 Å². The number of nitrogens with one attached hydrogen (secondary N) is 1. The van der Waals surface area contributed by atoms with E-state index in [0.717, 1.165) is 12.8 Å². The van der Waals surface area contributed by atoms with Gasteiger partial charge in [0.15, 0.2) is 0 Å². The zero-order valence-corrected chi connectivity index (χ0v) is 17.5. The number of alkyl carbamates (subject to hydrolysis) is 1. The van der Waals surface area contributed by atoms with Crippen molar-refractivity contribution in [1.82, 2.24) is 10.2 Å². The Labute approximate surface area is 158 Å². The van der Waals surface area contributed by atoms with E-state index in [2.05, 4.69) is 39.2 Å². The largest absolute Gasteiger partial charge is 0.444 e. The zero-order valence-electron chi connectivity index (χ0n) is 17.5. The average molecular weight is 365 g/mol. The molecule has 2 unspecified atom stereocenters. The Bertz CT molecular complexity index is 542. The molecule has 0 aliphatic carbocycles. The van der Waals surface area contributed by atoms with Gasteiger partial charge in [-0.05, 0) is 39.0 Å². The van der Waals surface area contributed by atoms with E-state index >= 15 is 0 Å². The maximum Gasteiger partial charge on any atom is 0.408 e. The molecule has 5 nitrogen and oxygen atoms in total. The van der Waals surface area contributed by atoms with Crippen LogP contribution >= 0.6 is 0 Å². The van der Waals surface area contributed by atoms with E-state index in [-0.39, 0.29) is 29.3 Å². The fraction of sp³-hybridized carbons (Fsp3) is 0.714. The van der Waals surface area contributed by atoms with Gasteiger partial charge in [-0.1, -0.05) is 39.8 Å². The number of amides is 2. The fourth-order valence-corrected chi connectivity index (χ4v) is 3.39. The molecule has 1 fully saturated rings. The Morgan fingerprint density at radius 3 is 2.15 bits per heavy atom. The molecule has 1 aliphatic rings. The zero-order chi connectivity index (χ0) is 20.3. The van der Waals surface area contributed by atoms with Crippen molar-refractivity contribution in [3.05, 3.63) is 25.3 Å². The van der Waals surface area contributed by atoms with Gasteiger partial charge >= 0.3 is 6.09 Å². The second-order valence-corrected chi connectivity index (χ2v) is 9.23. The van der Waals surface area contributed by atoms with Crippen LogP contribution in [0.2, 0.25) is 0 Å². The summed E-state index contributed by atoms with van der Waals surface area (Å²) >= 11 is 0. The highest BCUT2D eigenvalue weighted by molar-refractivity contribution is 5.87. The van der Waals surface area contributed by atoms with E-state index in [9.17, 15) is 9.59 Å². The Balaban J connectivity index is 3.11. The summed E-state index contributed by atoms with van der Waals surface area (Å²) in [6, 6.07) is -0.641. The number of hydrogen-bond donors (Lipinski definition) is 1. The molecule has 0 aromatic rings. The number of carbonyl (C=O) groups is 2. The van der Waals surface area contributed by atoms with Crippen molar-refractivity contribution >= 4 is 12.0 Å². The lowest BCUT2D eigenvalue weighted by Gasteiger charge is -2.40. The van der Waals surface area contributed by atoms with Crippen molar-refractivity contribution in [2.45, 2.75) is 85.0 Å². The van der Waals surface area contributed by atoms with Gasteiger partial charge in [-0.25, -0.2) is 4.79 Å². The molecule has 1 saturated heterocycles. The minimum Gasteiger partial charge on any atom is -0.444 e. The molecule has 1 rings (SSSR count). The van der Waals surface area contributed by atoms with Crippen LogP contribution in [0.15, 0.2) is 25.3 Å². The van der Waals surface area contributed by atoms with E-state index in [1.54, 1.807) is 26.8 Å². The van der Waals surface area contributed by atoms with E-state index in [1.807, 2.05) is 17.9 Å². The van der Waals surface area contributed by atoms with Gasteiger partial charge in [0, 0.05) is 12.0 Å². The summed E-state index contributed by atoms with van der Waals surface area (Å²) in [5.74, 6) is -0.327. The SMILES string of the molecule is C=CC(C)C(NC(=O)OC(C)(C)C)C(=O)N1[C@H](C(C)(C)C)CC[C@@H]1C=C. The Morgan fingerprint density at radius 1 is 1.15 bits per heavy atom. The summed E-state index contributed by atoms with van der Waals surface area (Å²) in [7, 11) is 0. The van der Waals surface area contributed by atoms with E-state index in [4.69, 9.17) is 4.74 Å². The number of carbonyl (C=O) groups excluding carboxylic acids is 2. The van der Waals surface area contributed by atoms with Gasteiger partial charge < -0.3 is 15.0 Å². The molecule has 26 heavy (non-hydrogen) atoms. The van der Waals surface area contributed by atoms with Crippen LogP contribution in [-0.4, -0.2) is 40.6 Å². The minimum absolute atomic E-state index is 0.0216. The molecule has 4 atom stereocenters. The highest BCUT2D eigenvalue weighted by atomic mass is 16.6. The van der Waals surface area contributed by atoms with Crippen molar-refractivity contribution < 1.29 is 14.3 Å². The molecular weight excluding hydrogens is 328 g/mol. The summed E-state index contributed by atoms with van der Waals surface area (Å²) in [6.45, 7) is 21.4. The first-order valence-electron chi connectivity index (χ1n) is 9.38. The van der Waals surface area contributed by atoms with Gasteiger partial charge in [-0.2, -0.15) is 0 Å². The highest BCUT2D eigenvalue weighted by Gasteiger charge is 2.44. The Morgan fingerprint density at radius 2 is 1.73 bits per heavy atom. The lowest BCUT2D eigenvalue weighted by atomic mass is 9.84. The van der Waals surface area contributed by atoms with Crippen LogP contribution in [0.4, 0.5) is 4.79 Å². The second kappa shape index (κ2) is 8.28. The van der Waals surface area contributed by atoms with E-state index in [1.165, 1.54) is 0 Å². The van der Waals surface area contributed by atoms with Gasteiger partial charge in [-0.3, -0.25) is 4.79 Å². The second-order valence-electron chi connectivity index (χ2n) is 9.23. The third-order valence-electron chi connectivity index (χ3n) is 4.79. The molecule has 148 valence electrons. The standard InChI is InChI=1S/C21H36N2O3/c1-10-14(3)17(22-19(25)26-21(7,8)9)18(24)23-15(11-2)12-13-16(23)20(4,5)6/h10-11,14-17H,1-2,12-13H2,3-9H3,(H,22,25)/t14?,15-,16-,17?/m0/s1. The van der Waals surface area contributed by atoms with Crippen molar-refractivity contribution in [2.75, 3.05) is 0 Å². The summed E-state index contributed by atoms with van der Waals surface area (Å²) in [6.07, 6.45) is 4.73. The molecule has 0 aromatic carbocycles. The first-order valence-corrected chi connectivity index (χ1v) is 9.38. The highest BCUT2D eigenvalue weighted by Crippen LogP contribution is 2.37. The fourth-order valence-electron chi connectivity index (χ4n) is 3.39. The van der Waals surface area contributed by atoms with E-state index in [0.29, 0.717) is 0 Å². The van der Waals surface area contributed by atoms with Crippen LogP contribution in [0.5, 0.6) is 0 Å². The molecule has 0 bridgehead atoms. The quantitative estimate of drug-likeness (QED) is 0.740. The van der Waals surface area contributed by atoms with E-state index < -0.39 is 17.7 Å². The minimum atomic E-state index is -0.715. The van der Waals surface area contributed by atoms with Crippen molar-refractivity contribution in [2.24, 2.45) is 11.3 Å². The summed E-state index contributed by atoms with van der Waals surface area (Å²) in [4.78, 5) is 27.6. The summed E-state index contributed by atoms with van der Waals surface area (Å²) in [5, 5.41) is 2.76. The molecule has 0 aromatic heterocycles. The molecule has 0 spiro atoms. The summed E-state index contributed by atoms with van der Waals surface area (Å²) < 4.78 is 5.35. The van der Waals surface area contributed by atoms with Crippen LogP contribution in [-0.2, 0) is 9.53 Å². The van der Waals surface area contributed by atoms with Crippen molar-refractivity contribution in [3.63, 3.8) is 0 Å². The molecular formula is C21H36N2O3. The van der Waals surface area contributed by atoms with Crippen LogP contribution < -0.4 is 5.32 Å². The monoisotopic (exact) mass is 364 g/mol. The maximum atomic E-state index is 13.4. The first kappa shape index (κ1) is 22.3. The third kappa shape index (κ3) is 5.61. The normalized spacial score (nSPS) is 23.1. The Kier molecular flexibility index (Phi) is 7.09.